The third-order valence-electron chi connectivity index (χ3n) is 2.99. The molecule has 3 rings (SSSR count). The first-order valence-electron chi connectivity index (χ1n) is 6.99. The van der Waals surface area contributed by atoms with Gasteiger partial charge in [0.05, 0.1) is 24.6 Å². The minimum Gasteiger partial charge on any atom is -0.342 e. The number of carbonyl (C=O) groups excluding carboxylic acids is 1. The average molecular weight is 332 g/mol. The summed E-state index contributed by atoms with van der Waals surface area (Å²) in [7, 11) is 0. The second kappa shape index (κ2) is 5.92. The molecule has 3 heterocycles. The zero-order valence-corrected chi connectivity index (χ0v) is 13.8. The van der Waals surface area contributed by atoms with Crippen molar-refractivity contribution in [1.29, 1.82) is 0 Å². The van der Waals surface area contributed by atoms with Crippen molar-refractivity contribution in [3.63, 3.8) is 0 Å². The van der Waals surface area contributed by atoms with E-state index in [0.29, 0.717) is 29.0 Å². The zero-order valence-electron chi connectivity index (χ0n) is 13.0. The molecule has 0 aromatic carbocycles. The van der Waals surface area contributed by atoms with Crippen molar-refractivity contribution in [2.75, 3.05) is 5.32 Å². The molecular formula is C14H16N6O2S. The van der Waals surface area contributed by atoms with Crippen LogP contribution in [0.15, 0.2) is 22.4 Å². The van der Waals surface area contributed by atoms with Gasteiger partial charge in [0.25, 0.3) is 0 Å². The number of carbonyl (C=O) groups is 1. The number of anilines is 1. The molecule has 0 atom stereocenters. The lowest BCUT2D eigenvalue weighted by Gasteiger charge is -2.15. The Bertz CT molecular complexity index is 799. The zero-order chi connectivity index (χ0) is 16.4. The molecule has 8 nitrogen and oxygen atoms in total. The van der Waals surface area contributed by atoms with Gasteiger partial charge < -0.3 is 14.8 Å². The Labute approximate surface area is 136 Å². The summed E-state index contributed by atoms with van der Waals surface area (Å²) in [6, 6.07) is 0. The maximum atomic E-state index is 11.9. The van der Waals surface area contributed by atoms with Crippen molar-refractivity contribution in [1.82, 2.24) is 25.1 Å². The fourth-order valence-corrected chi connectivity index (χ4v) is 2.40. The van der Waals surface area contributed by atoms with E-state index in [0.717, 1.165) is 5.69 Å². The van der Waals surface area contributed by atoms with Crippen LogP contribution >= 0.6 is 11.3 Å². The Balaban J connectivity index is 1.66. The van der Waals surface area contributed by atoms with Crippen LogP contribution in [0, 0.1) is 5.41 Å². The Hall–Kier alpha value is -2.55. The van der Waals surface area contributed by atoms with E-state index in [4.69, 9.17) is 4.52 Å². The second-order valence-corrected chi connectivity index (χ2v) is 6.86. The predicted molar refractivity (Wildman–Crippen MR) is 84.9 cm³/mol. The highest BCUT2D eigenvalue weighted by atomic mass is 32.1. The molecule has 0 saturated heterocycles. The van der Waals surface area contributed by atoms with E-state index in [1.54, 1.807) is 12.5 Å². The van der Waals surface area contributed by atoms with E-state index in [9.17, 15) is 4.79 Å². The van der Waals surface area contributed by atoms with Crippen LogP contribution in [0.4, 0.5) is 5.13 Å². The van der Waals surface area contributed by atoms with Crippen LogP contribution in [0.5, 0.6) is 0 Å². The van der Waals surface area contributed by atoms with E-state index in [1.165, 1.54) is 11.3 Å². The molecule has 0 unspecified atom stereocenters. The number of hydrogen-bond acceptors (Lipinski definition) is 7. The lowest BCUT2D eigenvalue weighted by atomic mass is 9.96. The second-order valence-electron chi connectivity index (χ2n) is 6.00. The Morgan fingerprint density at radius 3 is 2.91 bits per heavy atom. The van der Waals surface area contributed by atoms with Gasteiger partial charge in [-0.15, -0.1) is 11.3 Å². The number of thiazole rings is 1. The molecule has 120 valence electrons. The van der Waals surface area contributed by atoms with E-state index in [2.05, 4.69) is 30.4 Å². The summed E-state index contributed by atoms with van der Waals surface area (Å²) < 4.78 is 5.21. The third-order valence-corrected chi connectivity index (χ3v) is 3.80. The van der Waals surface area contributed by atoms with E-state index in [-0.39, 0.29) is 5.91 Å². The SMILES string of the molecule is CC(C)(C)C(=O)Nc1nc(Cc2nc(-c3cnc[nH]3)no2)cs1. The van der Waals surface area contributed by atoms with Gasteiger partial charge in [0.2, 0.25) is 17.6 Å². The number of amides is 1. The van der Waals surface area contributed by atoms with Crippen molar-refractivity contribution in [3.8, 4) is 11.5 Å². The maximum absolute atomic E-state index is 11.9. The number of imidazole rings is 1. The number of hydrogen-bond donors (Lipinski definition) is 2. The first kappa shape index (κ1) is 15.3. The standard InChI is InChI=1S/C14H16N6O2S/c1-14(2,3)12(21)19-13-17-8(6-23-13)4-10-18-11(20-22-10)9-5-15-7-16-9/h5-7H,4H2,1-3H3,(H,15,16)(H,17,19,21). The summed E-state index contributed by atoms with van der Waals surface area (Å²) in [4.78, 5) is 27.4. The predicted octanol–water partition coefficient (Wildman–Crippen LogP) is 2.49. The topological polar surface area (TPSA) is 110 Å². The fourth-order valence-electron chi connectivity index (χ4n) is 1.70. The molecule has 0 fully saturated rings. The molecule has 0 aliphatic heterocycles. The van der Waals surface area contributed by atoms with Crippen LogP contribution in [0.25, 0.3) is 11.5 Å². The number of aromatic nitrogens is 5. The quantitative estimate of drug-likeness (QED) is 0.759. The van der Waals surface area contributed by atoms with Crippen LogP contribution in [0.3, 0.4) is 0 Å². The molecule has 3 aromatic rings. The Kier molecular flexibility index (Phi) is 3.95. The highest BCUT2D eigenvalue weighted by molar-refractivity contribution is 7.13. The van der Waals surface area contributed by atoms with E-state index in [1.807, 2.05) is 26.2 Å². The first-order valence-corrected chi connectivity index (χ1v) is 7.87. The van der Waals surface area contributed by atoms with Gasteiger partial charge in [0.1, 0.15) is 5.69 Å². The lowest BCUT2D eigenvalue weighted by molar-refractivity contribution is -0.123. The van der Waals surface area contributed by atoms with E-state index < -0.39 is 5.41 Å². The summed E-state index contributed by atoms with van der Waals surface area (Å²) in [5.41, 5.74) is 0.993. The number of H-pyrrole nitrogens is 1. The van der Waals surface area contributed by atoms with Crippen molar-refractivity contribution in [2.45, 2.75) is 27.2 Å². The largest absolute Gasteiger partial charge is 0.342 e. The normalized spacial score (nSPS) is 11.6. The van der Waals surface area contributed by atoms with Crippen LogP contribution < -0.4 is 5.32 Å². The van der Waals surface area contributed by atoms with Crippen LogP contribution in [-0.4, -0.2) is 31.0 Å². The smallest absolute Gasteiger partial charge is 0.233 e. The van der Waals surface area contributed by atoms with Crippen molar-refractivity contribution < 1.29 is 9.32 Å². The summed E-state index contributed by atoms with van der Waals surface area (Å²) in [5, 5.41) is 9.12. The minimum absolute atomic E-state index is 0.0716. The molecule has 0 aliphatic rings. The van der Waals surface area contributed by atoms with Crippen LogP contribution in [0.1, 0.15) is 32.4 Å². The van der Waals surface area contributed by atoms with Gasteiger partial charge in [-0.1, -0.05) is 25.9 Å². The molecule has 0 bridgehead atoms. The van der Waals surface area contributed by atoms with Crippen LogP contribution in [0.2, 0.25) is 0 Å². The maximum Gasteiger partial charge on any atom is 0.233 e. The number of aromatic amines is 1. The van der Waals surface area contributed by atoms with Gasteiger partial charge in [-0.25, -0.2) is 9.97 Å². The fraction of sp³-hybridized carbons (Fsp3) is 0.357. The molecular weight excluding hydrogens is 316 g/mol. The highest BCUT2D eigenvalue weighted by Crippen LogP contribution is 2.22. The van der Waals surface area contributed by atoms with Gasteiger partial charge in [-0.05, 0) is 0 Å². The molecule has 1 amide bonds. The molecule has 0 saturated carbocycles. The molecule has 0 aliphatic carbocycles. The molecule has 23 heavy (non-hydrogen) atoms. The summed E-state index contributed by atoms with van der Waals surface area (Å²) >= 11 is 1.37. The summed E-state index contributed by atoms with van der Waals surface area (Å²) in [6.45, 7) is 5.56. The molecule has 2 N–H and O–H groups in total. The molecule has 3 aromatic heterocycles. The third kappa shape index (κ3) is 3.62. The van der Waals surface area contributed by atoms with Gasteiger partial charge in [-0.2, -0.15) is 4.98 Å². The number of nitrogens with zero attached hydrogens (tertiary/aromatic N) is 4. The minimum atomic E-state index is -0.461. The summed E-state index contributed by atoms with van der Waals surface area (Å²) in [5.74, 6) is 0.834. The number of nitrogens with one attached hydrogen (secondary N) is 2. The first-order chi connectivity index (χ1) is 10.9. The van der Waals surface area contributed by atoms with Crippen LogP contribution in [-0.2, 0) is 11.2 Å². The Morgan fingerprint density at radius 2 is 2.22 bits per heavy atom. The van der Waals surface area contributed by atoms with Crippen molar-refractivity contribution >= 4 is 22.4 Å². The lowest BCUT2D eigenvalue weighted by Crippen LogP contribution is -2.27. The van der Waals surface area contributed by atoms with Gasteiger partial charge >= 0.3 is 0 Å². The molecule has 0 radical (unpaired) electrons. The van der Waals surface area contributed by atoms with Crippen molar-refractivity contribution in [3.05, 3.63) is 29.5 Å². The monoisotopic (exact) mass is 332 g/mol. The molecule has 9 heteroatoms. The van der Waals surface area contributed by atoms with E-state index >= 15 is 0 Å². The summed E-state index contributed by atoms with van der Waals surface area (Å²) in [6.07, 6.45) is 3.58. The Morgan fingerprint density at radius 1 is 1.39 bits per heavy atom. The van der Waals surface area contributed by atoms with Crippen molar-refractivity contribution in [2.24, 2.45) is 5.41 Å². The molecule has 0 spiro atoms. The van der Waals surface area contributed by atoms with Gasteiger partial charge in [0, 0.05) is 10.8 Å². The van der Waals surface area contributed by atoms with Gasteiger partial charge in [0.15, 0.2) is 5.13 Å². The van der Waals surface area contributed by atoms with Gasteiger partial charge in [-0.3, -0.25) is 4.79 Å². The highest BCUT2D eigenvalue weighted by Gasteiger charge is 2.22. The average Bonchev–Trinajstić information content (AvgIpc) is 3.19. The number of rotatable bonds is 4.